The lowest BCUT2D eigenvalue weighted by Gasteiger charge is -1.95. The Morgan fingerprint density at radius 1 is 1.35 bits per heavy atom. The summed E-state index contributed by atoms with van der Waals surface area (Å²) in [6.07, 6.45) is 0. The maximum Gasteiger partial charge on any atom is 0.308 e. The van der Waals surface area contributed by atoms with Crippen molar-refractivity contribution in [2.24, 2.45) is 0 Å². The van der Waals surface area contributed by atoms with Crippen molar-refractivity contribution < 1.29 is 9.53 Å². The van der Waals surface area contributed by atoms with Gasteiger partial charge in [0.1, 0.15) is 0 Å². The Balaban J connectivity index is 2.15. The number of hydrogen-bond acceptors (Lipinski definition) is 5. The van der Waals surface area contributed by atoms with Gasteiger partial charge in [-0.15, -0.1) is 0 Å². The predicted molar refractivity (Wildman–Crippen MR) is 68.7 cm³/mol. The Hall–Kier alpha value is -1.33. The molecule has 88 valence electrons. The van der Waals surface area contributed by atoms with Gasteiger partial charge in [0.2, 0.25) is 5.06 Å². The summed E-state index contributed by atoms with van der Waals surface area (Å²) in [7, 11) is 0. The van der Waals surface area contributed by atoms with Gasteiger partial charge in [0.15, 0.2) is 4.34 Å². The van der Waals surface area contributed by atoms with Gasteiger partial charge in [-0.05, 0) is 19.1 Å². The number of benzene rings is 1. The summed E-state index contributed by atoms with van der Waals surface area (Å²) in [6, 6.07) is 9.98. The molecule has 0 spiro atoms. The summed E-state index contributed by atoms with van der Waals surface area (Å²) in [5.41, 5.74) is 0.753. The van der Waals surface area contributed by atoms with Crippen LogP contribution >= 0.6 is 23.1 Å². The zero-order chi connectivity index (χ0) is 12.3. The quantitative estimate of drug-likeness (QED) is 0.796. The molecular formula is C12H11NO2S2. The first kappa shape index (κ1) is 12.1. The Labute approximate surface area is 108 Å². The van der Waals surface area contributed by atoms with Gasteiger partial charge in [0.25, 0.3) is 0 Å². The van der Waals surface area contributed by atoms with Crippen LogP contribution in [-0.4, -0.2) is 11.0 Å². The zero-order valence-corrected chi connectivity index (χ0v) is 11.1. The number of hydrogen-bond donors (Lipinski definition) is 0. The summed E-state index contributed by atoms with van der Waals surface area (Å²) < 4.78 is 5.95. The lowest BCUT2D eigenvalue weighted by Crippen LogP contribution is -2.00. The molecule has 2 aromatic rings. The predicted octanol–water partition coefficient (Wildman–Crippen LogP) is 3.53. The summed E-state index contributed by atoms with van der Waals surface area (Å²) >= 11 is 2.96. The molecule has 0 radical (unpaired) electrons. The molecule has 5 heteroatoms. The fraction of sp³-hybridized carbons (Fsp3) is 0.167. The molecule has 1 heterocycles. The molecule has 0 N–H and O–H groups in total. The topological polar surface area (TPSA) is 39.2 Å². The van der Waals surface area contributed by atoms with Crippen LogP contribution in [0, 0.1) is 6.92 Å². The second kappa shape index (κ2) is 5.33. The van der Waals surface area contributed by atoms with Crippen LogP contribution in [0.2, 0.25) is 0 Å². The first-order valence-electron chi connectivity index (χ1n) is 5.04. The number of rotatable bonds is 3. The zero-order valence-electron chi connectivity index (χ0n) is 9.47. The van der Waals surface area contributed by atoms with Gasteiger partial charge in [0, 0.05) is 11.8 Å². The van der Waals surface area contributed by atoms with Crippen LogP contribution in [0.3, 0.4) is 0 Å². The molecule has 0 aliphatic rings. The van der Waals surface area contributed by atoms with Crippen LogP contribution in [0.5, 0.6) is 5.06 Å². The van der Waals surface area contributed by atoms with Crippen molar-refractivity contribution in [1.82, 2.24) is 4.98 Å². The maximum atomic E-state index is 10.9. The molecule has 1 aromatic carbocycles. The molecule has 1 aromatic heterocycles. The van der Waals surface area contributed by atoms with Gasteiger partial charge in [-0.1, -0.05) is 41.3 Å². The minimum Gasteiger partial charge on any atom is -0.414 e. The van der Waals surface area contributed by atoms with E-state index in [0.717, 1.165) is 14.9 Å². The minimum atomic E-state index is -0.312. The van der Waals surface area contributed by atoms with E-state index in [-0.39, 0.29) is 5.97 Å². The number of carbonyl (C=O) groups is 1. The average molecular weight is 265 g/mol. The van der Waals surface area contributed by atoms with Crippen LogP contribution < -0.4 is 4.74 Å². The Morgan fingerprint density at radius 3 is 2.71 bits per heavy atom. The van der Waals surface area contributed by atoms with Crippen molar-refractivity contribution in [3.8, 4) is 5.06 Å². The molecule has 0 fully saturated rings. The van der Waals surface area contributed by atoms with E-state index in [1.807, 2.05) is 37.3 Å². The highest BCUT2D eigenvalue weighted by atomic mass is 32.2. The first-order chi connectivity index (χ1) is 8.15. The van der Waals surface area contributed by atoms with E-state index in [0.29, 0.717) is 5.06 Å². The number of nitrogens with zero attached hydrogens (tertiary/aromatic N) is 1. The lowest BCUT2D eigenvalue weighted by atomic mass is 10.4. The molecule has 0 amide bonds. The molecule has 0 aliphatic heterocycles. The van der Waals surface area contributed by atoms with Gasteiger partial charge in [-0.3, -0.25) is 4.79 Å². The van der Waals surface area contributed by atoms with E-state index in [1.54, 1.807) is 11.8 Å². The van der Waals surface area contributed by atoms with Crippen LogP contribution in [-0.2, 0) is 4.79 Å². The molecule has 0 saturated carbocycles. The second-order valence-corrected chi connectivity index (χ2v) is 5.64. The Bertz CT molecular complexity index is 523. The summed E-state index contributed by atoms with van der Waals surface area (Å²) in [6.45, 7) is 3.23. The van der Waals surface area contributed by atoms with E-state index in [2.05, 4.69) is 4.98 Å². The third-order valence-electron chi connectivity index (χ3n) is 1.92. The highest BCUT2D eigenvalue weighted by Gasteiger charge is 2.11. The number of esters is 1. The van der Waals surface area contributed by atoms with Crippen LogP contribution in [0.1, 0.15) is 12.6 Å². The summed E-state index contributed by atoms with van der Waals surface area (Å²) in [4.78, 5) is 16.4. The van der Waals surface area contributed by atoms with Gasteiger partial charge in [0.05, 0.1) is 5.69 Å². The van der Waals surface area contributed by atoms with E-state index < -0.39 is 0 Å². The lowest BCUT2D eigenvalue weighted by molar-refractivity contribution is -0.131. The van der Waals surface area contributed by atoms with E-state index in [1.165, 1.54) is 18.3 Å². The van der Waals surface area contributed by atoms with Crippen molar-refractivity contribution in [1.29, 1.82) is 0 Å². The van der Waals surface area contributed by atoms with Crippen molar-refractivity contribution in [3.63, 3.8) is 0 Å². The standard InChI is InChI=1S/C12H11NO2S2/c1-8-11(15-9(2)14)17-12(13-8)16-10-6-4-3-5-7-10/h3-7H,1-2H3. The molecule has 2 rings (SSSR count). The molecule has 3 nitrogen and oxygen atoms in total. The number of aromatic nitrogens is 1. The number of ether oxygens (including phenoxy) is 1. The Morgan fingerprint density at radius 2 is 2.06 bits per heavy atom. The molecule has 0 saturated heterocycles. The monoisotopic (exact) mass is 265 g/mol. The van der Waals surface area contributed by atoms with Crippen LogP contribution in [0.4, 0.5) is 0 Å². The number of carbonyl (C=O) groups excluding carboxylic acids is 1. The maximum absolute atomic E-state index is 10.9. The minimum absolute atomic E-state index is 0.312. The third kappa shape index (κ3) is 3.31. The SMILES string of the molecule is CC(=O)Oc1sc(Sc2ccccc2)nc1C. The van der Waals surface area contributed by atoms with Crippen LogP contribution in [0.25, 0.3) is 0 Å². The van der Waals surface area contributed by atoms with Crippen molar-refractivity contribution in [3.05, 3.63) is 36.0 Å². The van der Waals surface area contributed by atoms with Crippen molar-refractivity contribution in [2.75, 3.05) is 0 Å². The molecular weight excluding hydrogens is 254 g/mol. The number of aryl methyl sites for hydroxylation is 1. The molecule has 0 atom stereocenters. The average Bonchev–Trinajstić information content (AvgIpc) is 2.59. The van der Waals surface area contributed by atoms with Crippen LogP contribution in [0.15, 0.2) is 39.6 Å². The third-order valence-corrected chi connectivity index (χ3v) is 4.02. The highest BCUT2D eigenvalue weighted by molar-refractivity contribution is 8.01. The van der Waals surface area contributed by atoms with Gasteiger partial charge < -0.3 is 4.74 Å². The summed E-state index contributed by atoms with van der Waals surface area (Å²) in [5.74, 6) is -0.312. The van der Waals surface area contributed by atoms with Gasteiger partial charge in [-0.25, -0.2) is 4.98 Å². The van der Waals surface area contributed by atoms with E-state index >= 15 is 0 Å². The van der Waals surface area contributed by atoms with Crippen molar-refractivity contribution >= 4 is 29.1 Å². The van der Waals surface area contributed by atoms with Crippen molar-refractivity contribution in [2.45, 2.75) is 23.1 Å². The normalized spacial score (nSPS) is 10.2. The Kier molecular flexibility index (Phi) is 3.81. The number of thiazole rings is 1. The fourth-order valence-electron chi connectivity index (χ4n) is 1.22. The largest absolute Gasteiger partial charge is 0.414 e. The fourth-order valence-corrected chi connectivity index (χ4v) is 3.27. The van der Waals surface area contributed by atoms with E-state index in [4.69, 9.17) is 4.74 Å². The molecule has 17 heavy (non-hydrogen) atoms. The summed E-state index contributed by atoms with van der Waals surface area (Å²) in [5, 5.41) is 0.580. The molecule has 0 aliphatic carbocycles. The molecule has 0 bridgehead atoms. The first-order valence-corrected chi connectivity index (χ1v) is 6.67. The van der Waals surface area contributed by atoms with Gasteiger partial charge >= 0.3 is 5.97 Å². The molecule has 0 unspecified atom stereocenters. The second-order valence-electron chi connectivity index (χ2n) is 3.36. The smallest absolute Gasteiger partial charge is 0.308 e. The van der Waals surface area contributed by atoms with Gasteiger partial charge in [-0.2, -0.15) is 0 Å². The van der Waals surface area contributed by atoms with E-state index in [9.17, 15) is 4.79 Å². The highest BCUT2D eigenvalue weighted by Crippen LogP contribution is 2.36.